The van der Waals surface area contributed by atoms with Crippen LogP contribution >= 0.6 is 0 Å². The van der Waals surface area contributed by atoms with E-state index in [0.29, 0.717) is 0 Å². The largest absolute Gasteiger partial charge is 0.368 e. The smallest absolute Gasteiger partial charge is 0.179 e. The predicted octanol–water partition coefficient (Wildman–Crippen LogP) is 0.332. The molecule has 0 unspecified atom stereocenters. The van der Waals surface area contributed by atoms with Crippen LogP contribution in [0.15, 0.2) is 23.2 Å². The minimum Gasteiger partial charge on any atom is -0.368 e. The normalized spacial score (nSPS) is 12.3. The van der Waals surface area contributed by atoms with Crippen molar-refractivity contribution in [2.45, 2.75) is 11.8 Å². The van der Waals surface area contributed by atoms with Crippen LogP contribution in [0.3, 0.4) is 0 Å². The molecular weight excluding hydrogens is 276 g/mol. The standard InChI is InChI=1S/C10H16N2O4S2/c1-3-18(15,16)8-7-12-10-9(17(2,13)14)5-4-6-11-10/h4-6H,3,7-8H2,1-2H3,(H,11,12). The summed E-state index contributed by atoms with van der Waals surface area (Å²) in [4.78, 5) is 3.97. The number of nitrogens with one attached hydrogen (secondary N) is 1. The molecule has 6 nitrogen and oxygen atoms in total. The van der Waals surface area contributed by atoms with Gasteiger partial charge in [-0.25, -0.2) is 21.8 Å². The number of hydrogen-bond donors (Lipinski definition) is 1. The van der Waals surface area contributed by atoms with Crippen molar-refractivity contribution in [3.63, 3.8) is 0 Å². The fourth-order valence-corrected chi connectivity index (χ4v) is 2.80. The highest BCUT2D eigenvalue weighted by atomic mass is 32.2. The molecule has 0 aliphatic rings. The highest BCUT2D eigenvalue weighted by molar-refractivity contribution is 7.91. The van der Waals surface area contributed by atoms with E-state index < -0.39 is 19.7 Å². The predicted molar refractivity (Wildman–Crippen MR) is 70.2 cm³/mol. The molecule has 0 amide bonds. The van der Waals surface area contributed by atoms with Crippen molar-refractivity contribution < 1.29 is 16.8 Å². The summed E-state index contributed by atoms with van der Waals surface area (Å²) >= 11 is 0. The van der Waals surface area contributed by atoms with Gasteiger partial charge in [0.25, 0.3) is 0 Å². The summed E-state index contributed by atoms with van der Waals surface area (Å²) in [7, 11) is -6.46. The lowest BCUT2D eigenvalue weighted by atomic mass is 10.4. The molecule has 0 radical (unpaired) electrons. The van der Waals surface area contributed by atoms with Crippen LogP contribution in [0.5, 0.6) is 0 Å². The van der Waals surface area contributed by atoms with Gasteiger partial charge in [-0.3, -0.25) is 0 Å². The van der Waals surface area contributed by atoms with E-state index in [4.69, 9.17) is 0 Å². The lowest BCUT2D eigenvalue weighted by Crippen LogP contribution is -2.18. The van der Waals surface area contributed by atoms with Gasteiger partial charge in [0.05, 0.1) is 5.75 Å². The minimum atomic E-state index is -3.38. The highest BCUT2D eigenvalue weighted by Crippen LogP contribution is 2.17. The maximum absolute atomic E-state index is 11.5. The summed E-state index contributed by atoms with van der Waals surface area (Å²) in [5, 5.41) is 2.74. The fourth-order valence-electron chi connectivity index (χ4n) is 1.29. The monoisotopic (exact) mass is 292 g/mol. The van der Waals surface area contributed by atoms with E-state index in [9.17, 15) is 16.8 Å². The lowest BCUT2D eigenvalue weighted by molar-refractivity contribution is 0.597. The summed E-state index contributed by atoms with van der Waals surface area (Å²) in [5.41, 5.74) is 0. The van der Waals surface area contributed by atoms with Gasteiger partial charge in [0.15, 0.2) is 19.7 Å². The number of nitrogens with zero attached hydrogens (tertiary/aromatic N) is 1. The molecule has 1 rings (SSSR count). The molecule has 0 fully saturated rings. The van der Waals surface area contributed by atoms with E-state index in [-0.39, 0.29) is 28.8 Å². The van der Waals surface area contributed by atoms with Gasteiger partial charge in [-0.1, -0.05) is 6.92 Å². The zero-order chi connectivity index (χ0) is 13.8. The Bertz CT molecular complexity index is 609. The molecule has 0 saturated carbocycles. The number of pyridine rings is 1. The van der Waals surface area contributed by atoms with Gasteiger partial charge in [0.2, 0.25) is 0 Å². The molecule has 0 aliphatic carbocycles. The second kappa shape index (κ2) is 5.66. The van der Waals surface area contributed by atoms with Gasteiger partial charge in [0, 0.05) is 24.8 Å². The number of aromatic nitrogens is 1. The van der Waals surface area contributed by atoms with Gasteiger partial charge < -0.3 is 5.32 Å². The third-order valence-corrected chi connectivity index (χ3v) is 5.15. The fraction of sp³-hybridized carbons (Fsp3) is 0.500. The Morgan fingerprint density at radius 2 is 1.94 bits per heavy atom. The van der Waals surface area contributed by atoms with Crippen molar-refractivity contribution in [1.82, 2.24) is 4.98 Å². The maximum atomic E-state index is 11.5. The summed E-state index contributed by atoms with van der Waals surface area (Å²) < 4.78 is 45.5. The first-order valence-electron chi connectivity index (χ1n) is 5.35. The molecule has 8 heteroatoms. The van der Waals surface area contributed by atoms with Crippen molar-refractivity contribution in [1.29, 1.82) is 0 Å². The van der Waals surface area contributed by atoms with E-state index in [0.717, 1.165) is 6.26 Å². The third-order valence-electron chi connectivity index (χ3n) is 2.32. The molecule has 0 aliphatic heterocycles. The first-order valence-corrected chi connectivity index (χ1v) is 9.07. The molecule has 18 heavy (non-hydrogen) atoms. The molecule has 1 heterocycles. The molecule has 102 valence electrons. The van der Waals surface area contributed by atoms with E-state index in [1.165, 1.54) is 18.3 Å². The van der Waals surface area contributed by atoms with E-state index >= 15 is 0 Å². The SMILES string of the molecule is CCS(=O)(=O)CCNc1ncccc1S(C)(=O)=O. The zero-order valence-electron chi connectivity index (χ0n) is 10.3. The van der Waals surface area contributed by atoms with Crippen LogP contribution in [0.25, 0.3) is 0 Å². The van der Waals surface area contributed by atoms with Crippen molar-refractivity contribution in [2.75, 3.05) is 29.6 Å². The van der Waals surface area contributed by atoms with Gasteiger partial charge in [0.1, 0.15) is 10.7 Å². The van der Waals surface area contributed by atoms with Crippen molar-refractivity contribution in [2.24, 2.45) is 0 Å². The molecule has 1 aromatic rings. The third kappa shape index (κ3) is 4.26. The average Bonchev–Trinajstić information content (AvgIpc) is 2.28. The van der Waals surface area contributed by atoms with Crippen molar-refractivity contribution in [3.8, 4) is 0 Å². The Balaban J connectivity index is 2.81. The van der Waals surface area contributed by atoms with Gasteiger partial charge in [-0.05, 0) is 12.1 Å². The zero-order valence-corrected chi connectivity index (χ0v) is 11.9. The van der Waals surface area contributed by atoms with Gasteiger partial charge in [-0.15, -0.1) is 0 Å². The molecule has 0 spiro atoms. The van der Waals surface area contributed by atoms with Crippen molar-refractivity contribution in [3.05, 3.63) is 18.3 Å². The first kappa shape index (κ1) is 14.9. The first-order chi connectivity index (χ1) is 8.26. The Morgan fingerprint density at radius 3 is 2.50 bits per heavy atom. The number of hydrogen-bond acceptors (Lipinski definition) is 6. The van der Waals surface area contributed by atoms with Crippen LogP contribution in [0.4, 0.5) is 5.82 Å². The Hall–Kier alpha value is -1.15. The number of sulfone groups is 2. The second-order valence-electron chi connectivity index (χ2n) is 3.79. The van der Waals surface area contributed by atoms with E-state index in [1.54, 1.807) is 6.92 Å². The molecule has 1 N–H and O–H groups in total. The quantitative estimate of drug-likeness (QED) is 0.812. The summed E-state index contributed by atoms with van der Waals surface area (Å²) in [5.74, 6) is 0.199. The Kier molecular flexibility index (Phi) is 4.69. The lowest BCUT2D eigenvalue weighted by Gasteiger charge is -2.09. The number of anilines is 1. The topological polar surface area (TPSA) is 93.2 Å². The Labute approximate surface area is 107 Å². The van der Waals surface area contributed by atoms with E-state index in [1.807, 2.05) is 0 Å². The van der Waals surface area contributed by atoms with Gasteiger partial charge in [-0.2, -0.15) is 0 Å². The van der Waals surface area contributed by atoms with Crippen LogP contribution in [0, 0.1) is 0 Å². The highest BCUT2D eigenvalue weighted by Gasteiger charge is 2.14. The molecule has 0 saturated heterocycles. The molecule has 0 atom stereocenters. The molecule has 0 aromatic carbocycles. The van der Waals surface area contributed by atoms with Crippen LogP contribution in [0.1, 0.15) is 6.92 Å². The van der Waals surface area contributed by atoms with Crippen LogP contribution in [-0.4, -0.2) is 46.1 Å². The van der Waals surface area contributed by atoms with Crippen LogP contribution < -0.4 is 5.32 Å². The summed E-state index contributed by atoms with van der Waals surface area (Å²) in [6.07, 6.45) is 2.53. The molecule has 0 bridgehead atoms. The number of rotatable bonds is 6. The van der Waals surface area contributed by atoms with Crippen LogP contribution in [-0.2, 0) is 19.7 Å². The molecular formula is C10H16N2O4S2. The van der Waals surface area contributed by atoms with Gasteiger partial charge >= 0.3 is 0 Å². The summed E-state index contributed by atoms with van der Waals surface area (Å²) in [6.45, 7) is 1.70. The Morgan fingerprint density at radius 1 is 1.28 bits per heavy atom. The maximum Gasteiger partial charge on any atom is 0.179 e. The summed E-state index contributed by atoms with van der Waals surface area (Å²) in [6, 6.07) is 2.95. The minimum absolute atomic E-state index is 0.0523. The average molecular weight is 292 g/mol. The van der Waals surface area contributed by atoms with Crippen LogP contribution in [0.2, 0.25) is 0 Å². The van der Waals surface area contributed by atoms with E-state index in [2.05, 4.69) is 10.3 Å². The molecule has 1 aromatic heterocycles. The van der Waals surface area contributed by atoms with Crippen molar-refractivity contribution >= 4 is 25.5 Å². The second-order valence-corrected chi connectivity index (χ2v) is 8.24.